The molecule has 138 valence electrons. The Kier molecular flexibility index (Phi) is 4.78. The van der Waals surface area contributed by atoms with Crippen molar-refractivity contribution in [2.24, 2.45) is 0 Å². The van der Waals surface area contributed by atoms with Crippen LogP contribution in [0.4, 0.5) is 11.4 Å². The summed E-state index contributed by atoms with van der Waals surface area (Å²) >= 11 is 5.80. The molecule has 0 saturated heterocycles. The van der Waals surface area contributed by atoms with Crippen LogP contribution < -0.4 is 5.32 Å². The normalized spacial score (nSPS) is 12.9. The number of nitro groups is 1. The molecule has 0 spiro atoms. The van der Waals surface area contributed by atoms with Gasteiger partial charge in [0.25, 0.3) is 17.5 Å². The average molecular weight is 390 g/mol. The Morgan fingerprint density at radius 1 is 1.15 bits per heavy atom. The van der Waals surface area contributed by atoms with Crippen LogP contribution in [0, 0.1) is 10.1 Å². The molecule has 27 heavy (non-hydrogen) atoms. The van der Waals surface area contributed by atoms with E-state index in [2.05, 4.69) is 5.32 Å². The highest BCUT2D eigenvalue weighted by molar-refractivity contribution is 6.31. The molecule has 2 N–H and O–H groups in total. The Bertz CT molecular complexity index is 991. The number of hydrogen-bond acceptors (Lipinski definition) is 6. The number of amides is 3. The summed E-state index contributed by atoms with van der Waals surface area (Å²) in [6.45, 7) is -0.215. The first-order valence-electron chi connectivity index (χ1n) is 7.71. The molecule has 1 heterocycles. The Labute approximate surface area is 157 Å². The number of nitrogens with zero attached hydrogens (tertiary/aromatic N) is 2. The summed E-state index contributed by atoms with van der Waals surface area (Å²) in [4.78, 5) is 47.7. The molecule has 0 saturated carbocycles. The Balaban J connectivity index is 1.68. The smallest absolute Gasteiger partial charge is 0.270 e. The van der Waals surface area contributed by atoms with Crippen LogP contribution >= 0.6 is 11.6 Å². The highest BCUT2D eigenvalue weighted by atomic mass is 35.5. The van der Waals surface area contributed by atoms with E-state index in [9.17, 15) is 29.6 Å². The lowest BCUT2D eigenvalue weighted by atomic mass is 10.1. The summed E-state index contributed by atoms with van der Waals surface area (Å²) in [6, 6.07) is 7.52. The maximum Gasteiger partial charge on any atom is 0.270 e. The number of imide groups is 1. The number of aromatic hydroxyl groups is 1. The van der Waals surface area contributed by atoms with E-state index in [1.54, 1.807) is 0 Å². The van der Waals surface area contributed by atoms with Crippen molar-refractivity contribution in [2.45, 2.75) is 6.42 Å². The topological polar surface area (TPSA) is 130 Å². The number of non-ortho nitro benzene ring substituents is 1. The van der Waals surface area contributed by atoms with Gasteiger partial charge in [0.15, 0.2) is 0 Å². The zero-order valence-electron chi connectivity index (χ0n) is 13.6. The summed E-state index contributed by atoms with van der Waals surface area (Å²) < 4.78 is 0. The molecule has 3 rings (SSSR count). The van der Waals surface area contributed by atoms with Crippen LogP contribution in [0.25, 0.3) is 0 Å². The van der Waals surface area contributed by atoms with E-state index < -0.39 is 22.6 Å². The Hall–Kier alpha value is -3.46. The van der Waals surface area contributed by atoms with Crippen molar-refractivity contribution in [1.82, 2.24) is 4.90 Å². The van der Waals surface area contributed by atoms with Crippen LogP contribution in [-0.4, -0.2) is 39.2 Å². The minimum atomic E-state index is -0.697. The van der Waals surface area contributed by atoms with Crippen molar-refractivity contribution < 1.29 is 24.4 Å². The number of rotatable bonds is 5. The van der Waals surface area contributed by atoms with Crippen LogP contribution in [0.2, 0.25) is 5.02 Å². The molecule has 0 bridgehead atoms. The predicted octanol–water partition coefficient (Wildman–Crippen LogP) is 2.58. The van der Waals surface area contributed by atoms with E-state index in [0.29, 0.717) is 5.02 Å². The van der Waals surface area contributed by atoms with Crippen molar-refractivity contribution in [1.29, 1.82) is 0 Å². The zero-order valence-corrected chi connectivity index (χ0v) is 14.4. The number of halogens is 1. The van der Waals surface area contributed by atoms with Gasteiger partial charge >= 0.3 is 0 Å². The number of benzene rings is 2. The standard InChI is InChI=1S/C17H12ClN3O6/c18-9-1-4-14(22)13(7-9)19-15(23)5-6-20-16(24)11-3-2-10(21(26)27)8-12(11)17(20)25/h1-4,7-8,22H,5-6H2,(H,19,23). The van der Waals surface area contributed by atoms with Gasteiger partial charge in [-0.2, -0.15) is 0 Å². The molecule has 0 fully saturated rings. The van der Waals surface area contributed by atoms with Crippen LogP contribution in [0.5, 0.6) is 5.75 Å². The minimum absolute atomic E-state index is 0.0542. The molecule has 1 aliphatic heterocycles. The van der Waals surface area contributed by atoms with Crippen molar-refractivity contribution in [3.8, 4) is 5.75 Å². The second-order valence-electron chi connectivity index (χ2n) is 5.71. The predicted molar refractivity (Wildman–Crippen MR) is 94.8 cm³/mol. The third-order valence-electron chi connectivity index (χ3n) is 3.96. The summed E-state index contributed by atoms with van der Waals surface area (Å²) in [5, 5.41) is 23.3. The van der Waals surface area contributed by atoms with E-state index >= 15 is 0 Å². The number of phenolic OH excluding ortho intramolecular Hbond substituents is 1. The summed E-state index contributed by atoms with van der Waals surface area (Å²) in [5.41, 5.74) is -0.211. The number of carbonyl (C=O) groups excluding carboxylic acids is 3. The number of carbonyl (C=O) groups is 3. The zero-order chi connectivity index (χ0) is 19.7. The Morgan fingerprint density at radius 3 is 2.56 bits per heavy atom. The molecule has 10 heteroatoms. The van der Waals surface area contributed by atoms with E-state index in [-0.39, 0.29) is 41.2 Å². The monoisotopic (exact) mass is 389 g/mol. The van der Waals surface area contributed by atoms with E-state index in [4.69, 9.17) is 11.6 Å². The van der Waals surface area contributed by atoms with Gasteiger partial charge in [-0.15, -0.1) is 0 Å². The third kappa shape index (κ3) is 3.58. The maximum atomic E-state index is 12.3. The fourth-order valence-electron chi connectivity index (χ4n) is 2.63. The molecular formula is C17H12ClN3O6. The first kappa shape index (κ1) is 18.3. The number of phenols is 1. The van der Waals surface area contributed by atoms with Gasteiger partial charge in [-0.1, -0.05) is 11.6 Å². The summed E-state index contributed by atoms with van der Waals surface area (Å²) in [5.74, 6) is -2.05. The number of nitrogens with one attached hydrogen (secondary N) is 1. The lowest BCUT2D eigenvalue weighted by Gasteiger charge is -2.14. The highest BCUT2D eigenvalue weighted by Gasteiger charge is 2.36. The molecule has 0 atom stereocenters. The number of anilines is 1. The molecule has 2 aromatic carbocycles. The highest BCUT2D eigenvalue weighted by Crippen LogP contribution is 2.28. The van der Waals surface area contributed by atoms with Crippen molar-refractivity contribution in [3.05, 3.63) is 62.7 Å². The molecule has 9 nitrogen and oxygen atoms in total. The number of nitro benzene ring substituents is 1. The fourth-order valence-corrected chi connectivity index (χ4v) is 2.80. The number of fused-ring (bicyclic) bond motifs is 1. The van der Waals surface area contributed by atoms with Crippen molar-refractivity contribution in [3.63, 3.8) is 0 Å². The third-order valence-corrected chi connectivity index (χ3v) is 4.20. The van der Waals surface area contributed by atoms with Crippen molar-refractivity contribution in [2.75, 3.05) is 11.9 Å². The SMILES string of the molecule is O=C(CCN1C(=O)c2ccc([N+](=O)[O-])cc2C1=O)Nc1cc(Cl)ccc1O. The first-order chi connectivity index (χ1) is 12.8. The van der Waals surface area contributed by atoms with E-state index in [1.807, 2.05) is 0 Å². The van der Waals surface area contributed by atoms with Gasteiger partial charge in [0.05, 0.1) is 21.7 Å². The van der Waals surface area contributed by atoms with Gasteiger partial charge in [0.1, 0.15) is 5.75 Å². The van der Waals surface area contributed by atoms with Crippen LogP contribution in [0.1, 0.15) is 27.1 Å². The second kappa shape index (κ2) is 7.04. The lowest BCUT2D eigenvalue weighted by molar-refractivity contribution is -0.384. The summed E-state index contributed by atoms with van der Waals surface area (Å²) in [7, 11) is 0. The van der Waals surface area contributed by atoms with Gasteiger partial charge in [-0.25, -0.2) is 0 Å². The average Bonchev–Trinajstić information content (AvgIpc) is 2.86. The molecule has 2 aromatic rings. The maximum absolute atomic E-state index is 12.3. The van der Waals surface area contributed by atoms with Crippen molar-refractivity contribution >= 4 is 40.7 Å². The molecule has 1 aliphatic rings. The molecular weight excluding hydrogens is 378 g/mol. The molecule has 0 aliphatic carbocycles. The quantitative estimate of drug-likeness (QED) is 0.350. The molecule has 0 radical (unpaired) electrons. The minimum Gasteiger partial charge on any atom is -0.506 e. The van der Waals surface area contributed by atoms with Crippen LogP contribution in [0.3, 0.4) is 0 Å². The summed E-state index contributed by atoms with van der Waals surface area (Å²) in [6.07, 6.45) is -0.223. The first-order valence-corrected chi connectivity index (χ1v) is 8.08. The lowest BCUT2D eigenvalue weighted by Crippen LogP contribution is -2.32. The number of hydrogen-bond donors (Lipinski definition) is 2. The van der Waals surface area contributed by atoms with Crippen LogP contribution in [0.15, 0.2) is 36.4 Å². The van der Waals surface area contributed by atoms with Gasteiger partial charge in [-0.3, -0.25) is 29.4 Å². The van der Waals surface area contributed by atoms with Gasteiger partial charge in [-0.05, 0) is 24.3 Å². The van der Waals surface area contributed by atoms with E-state index in [0.717, 1.165) is 17.0 Å². The van der Waals surface area contributed by atoms with Gasteiger partial charge in [0, 0.05) is 30.1 Å². The van der Waals surface area contributed by atoms with Gasteiger partial charge in [0.2, 0.25) is 5.91 Å². The molecule has 0 aromatic heterocycles. The van der Waals surface area contributed by atoms with E-state index in [1.165, 1.54) is 24.3 Å². The van der Waals surface area contributed by atoms with Gasteiger partial charge < -0.3 is 10.4 Å². The largest absolute Gasteiger partial charge is 0.506 e. The molecule has 0 unspecified atom stereocenters. The second-order valence-corrected chi connectivity index (χ2v) is 6.15. The Morgan fingerprint density at radius 2 is 1.85 bits per heavy atom. The fraction of sp³-hybridized carbons (Fsp3) is 0.118. The molecule has 3 amide bonds. The van der Waals surface area contributed by atoms with Crippen LogP contribution in [-0.2, 0) is 4.79 Å².